The molecule has 0 aromatic carbocycles. The Morgan fingerprint density at radius 1 is 1.28 bits per heavy atom. The smallest absolute Gasteiger partial charge is 0.0316 e. The van der Waals surface area contributed by atoms with Crippen molar-refractivity contribution in [3.63, 3.8) is 0 Å². The zero-order chi connectivity index (χ0) is 12.0. The minimum atomic E-state index is 0.721. The first-order chi connectivity index (χ1) is 8.86. The average molecular weight is 243 g/mol. The van der Waals surface area contributed by atoms with Crippen molar-refractivity contribution in [1.82, 2.24) is 15.2 Å². The molecular weight excluding hydrogens is 222 g/mol. The van der Waals surface area contributed by atoms with Gasteiger partial charge in [0.25, 0.3) is 0 Å². The number of fused-ring (bicyclic) bond motifs is 1. The Balaban J connectivity index is 1.38. The largest absolute Gasteiger partial charge is 0.317 e. The van der Waals surface area contributed by atoms with E-state index in [0.29, 0.717) is 0 Å². The van der Waals surface area contributed by atoms with Gasteiger partial charge in [0, 0.05) is 32.0 Å². The van der Waals surface area contributed by atoms with Gasteiger partial charge >= 0.3 is 0 Å². The van der Waals surface area contributed by atoms with Crippen LogP contribution in [-0.4, -0.2) is 29.5 Å². The standard InChI is InChI=1S/C15H21N3/c1-4-17-8-13-10-18(9-12(1)13)11-14-7-15(14)2-5-16-6-3-15/h1,4,8,14,16H,2-3,5-7,9-11H2. The van der Waals surface area contributed by atoms with E-state index in [1.807, 2.05) is 12.4 Å². The van der Waals surface area contributed by atoms with Gasteiger partial charge in [0.05, 0.1) is 0 Å². The Bertz CT molecular complexity index is 426. The Kier molecular flexibility index (Phi) is 2.45. The molecule has 3 heteroatoms. The van der Waals surface area contributed by atoms with Crippen LogP contribution in [0.3, 0.4) is 0 Å². The molecule has 1 saturated carbocycles. The summed E-state index contributed by atoms with van der Waals surface area (Å²) in [6.45, 7) is 6.03. The van der Waals surface area contributed by atoms with Crippen molar-refractivity contribution < 1.29 is 0 Å². The second-order valence-electron chi connectivity index (χ2n) is 6.33. The predicted molar refractivity (Wildman–Crippen MR) is 71.0 cm³/mol. The molecule has 1 aliphatic carbocycles. The monoisotopic (exact) mass is 243 g/mol. The molecule has 0 amide bonds. The molecule has 0 radical (unpaired) electrons. The van der Waals surface area contributed by atoms with Crippen LogP contribution < -0.4 is 5.32 Å². The quantitative estimate of drug-likeness (QED) is 0.858. The zero-order valence-electron chi connectivity index (χ0n) is 10.9. The third-order valence-electron chi connectivity index (χ3n) is 5.23. The predicted octanol–water partition coefficient (Wildman–Crippen LogP) is 1.79. The number of nitrogens with one attached hydrogen (secondary N) is 1. The van der Waals surface area contributed by atoms with Crippen LogP contribution in [0.4, 0.5) is 0 Å². The highest BCUT2D eigenvalue weighted by molar-refractivity contribution is 5.27. The van der Waals surface area contributed by atoms with Gasteiger partial charge in [-0.05, 0) is 60.9 Å². The molecule has 3 nitrogen and oxygen atoms in total. The summed E-state index contributed by atoms with van der Waals surface area (Å²) in [5.74, 6) is 0.960. The van der Waals surface area contributed by atoms with Crippen LogP contribution in [0.1, 0.15) is 30.4 Å². The van der Waals surface area contributed by atoms with E-state index in [1.54, 1.807) is 0 Å². The number of aromatic nitrogens is 1. The van der Waals surface area contributed by atoms with Crippen LogP contribution in [0, 0.1) is 11.3 Å². The maximum Gasteiger partial charge on any atom is 0.0316 e. The van der Waals surface area contributed by atoms with Crippen molar-refractivity contribution in [2.24, 2.45) is 11.3 Å². The summed E-state index contributed by atoms with van der Waals surface area (Å²) in [5.41, 5.74) is 3.65. The topological polar surface area (TPSA) is 28.2 Å². The molecule has 18 heavy (non-hydrogen) atoms. The molecule has 2 fully saturated rings. The van der Waals surface area contributed by atoms with Gasteiger partial charge in [-0.3, -0.25) is 9.88 Å². The molecule has 1 atom stereocenters. The van der Waals surface area contributed by atoms with Gasteiger partial charge in [0.15, 0.2) is 0 Å². The lowest BCUT2D eigenvalue weighted by molar-refractivity contribution is 0.233. The van der Waals surface area contributed by atoms with E-state index in [-0.39, 0.29) is 0 Å². The molecule has 3 heterocycles. The van der Waals surface area contributed by atoms with E-state index in [4.69, 9.17) is 0 Å². The van der Waals surface area contributed by atoms with Crippen molar-refractivity contribution in [3.05, 3.63) is 29.6 Å². The van der Waals surface area contributed by atoms with Gasteiger partial charge in [-0.1, -0.05) is 0 Å². The lowest BCUT2D eigenvalue weighted by atomic mass is 9.92. The van der Waals surface area contributed by atoms with E-state index in [9.17, 15) is 0 Å². The molecule has 1 spiro atoms. The highest BCUT2D eigenvalue weighted by Gasteiger charge is 2.53. The highest BCUT2D eigenvalue weighted by atomic mass is 15.1. The van der Waals surface area contributed by atoms with Gasteiger partial charge in [-0.25, -0.2) is 0 Å². The first kappa shape index (κ1) is 10.9. The summed E-state index contributed by atoms with van der Waals surface area (Å²) < 4.78 is 0. The van der Waals surface area contributed by atoms with Crippen LogP contribution in [0.25, 0.3) is 0 Å². The van der Waals surface area contributed by atoms with E-state index in [2.05, 4.69) is 21.3 Å². The normalized spacial score (nSPS) is 29.4. The first-order valence-corrected chi connectivity index (χ1v) is 7.21. The van der Waals surface area contributed by atoms with Crippen LogP contribution in [-0.2, 0) is 13.1 Å². The first-order valence-electron chi connectivity index (χ1n) is 7.21. The lowest BCUT2D eigenvalue weighted by Gasteiger charge is -2.25. The van der Waals surface area contributed by atoms with Gasteiger partial charge in [-0.15, -0.1) is 0 Å². The minimum Gasteiger partial charge on any atom is -0.317 e. The van der Waals surface area contributed by atoms with Crippen molar-refractivity contribution >= 4 is 0 Å². The zero-order valence-corrected chi connectivity index (χ0v) is 10.9. The van der Waals surface area contributed by atoms with Gasteiger partial charge in [-0.2, -0.15) is 0 Å². The van der Waals surface area contributed by atoms with E-state index >= 15 is 0 Å². The molecular formula is C15H21N3. The fourth-order valence-corrected chi connectivity index (χ4v) is 3.96. The molecule has 1 unspecified atom stereocenters. The van der Waals surface area contributed by atoms with Crippen LogP contribution in [0.2, 0.25) is 0 Å². The van der Waals surface area contributed by atoms with E-state index in [0.717, 1.165) is 24.4 Å². The van der Waals surface area contributed by atoms with Crippen molar-refractivity contribution in [2.75, 3.05) is 19.6 Å². The number of hydrogen-bond acceptors (Lipinski definition) is 3. The lowest BCUT2D eigenvalue weighted by Crippen LogP contribution is -2.31. The molecule has 1 N–H and O–H groups in total. The summed E-state index contributed by atoms with van der Waals surface area (Å²) in [7, 11) is 0. The fourth-order valence-electron chi connectivity index (χ4n) is 3.96. The Hall–Kier alpha value is -0.930. The second-order valence-corrected chi connectivity index (χ2v) is 6.33. The molecule has 2 aliphatic heterocycles. The van der Waals surface area contributed by atoms with Crippen molar-refractivity contribution in [1.29, 1.82) is 0 Å². The van der Waals surface area contributed by atoms with Crippen LogP contribution >= 0.6 is 0 Å². The third-order valence-corrected chi connectivity index (χ3v) is 5.23. The summed E-state index contributed by atoms with van der Waals surface area (Å²) in [5, 5.41) is 3.49. The maximum absolute atomic E-state index is 4.23. The maximum atomic E-state index is 4.23. The Morgan fingerprint density at radius 3 is 2.94 bits per heavy atom. The fraction of sp³-hybridized carbons (Fsp3) is 0.667. The molecule has 0 bridgehead atoms. The highest BCUT2D eigenvalue weighted by Crippen LogP contribution is 2.58. The molecule has 1 aromatic heterocycles. The SMILES string of the molecule is c1cc2c(cn1)CN(CC1CC13CCNCC3)C2. The molecule has 1 aromatic rings. The van der Waals surface area contributed by atoms with Crippen molar-refractivity contribution in [2.45, 2.75) is 32.4 Å². The van der Waals surface area contributed by atoms with Crippen LogP contribution in [0.5, 0.6) is 0 Å². The van der Waals surface area contributed by atoms with Gasteiger partial charge in [0.2, 0.25) is 0 Å². The van der Waals surface area contributed by atoms with Gasteiger partial charge in [0.1, 0.15) is 0 Å². The van der Waals surface area contributed by atoms with E-state index in [1.165, 1.54) is 50.0 Å². The summed E-state index contributed by atoms with van der Waals surface area (Å²) in [6.07, 6.45) is 8.25. The number of nitrogens with zero attached hydrogens (tertiary/aromatic N) is 2. The minimum absolute atomic E-state index is 0.721. The van der Waals surface area contributed by atoms with Crippen molar-refractivity contribution in [3.8, 4) is 0 Å². The van der Waals surface area contributed by atoms with Gasteiger partial charge < -0.3 is 5.32 Å². The third kappa shape index (κ3) is 1.77. The number of piperidine rings is 1. The average Bonchev–Trinajstić information content (AvgIpc) is 2.88. The van der Waals surface area contributed by atoms with E-state index < -0.39 is 0 Å². The van der Waals surface area contributed by atoms with Crippen LogP contribution in [0.15, 0.2) is 18.5 Å². The second kappa shape index (κ2) is 4.04. The molecule has 3 aliphatic rings. The summed E-state index contributed by atoms with van der Waals surface area (Å²) in [4.78, 5) is 6.85. The number of rotatable bonds is 2. The summed E-state index contributed by atoms with van der Waals surface area (Å²) >= 11 is 0. The Morgan fingerprint density at radius 2 is 2.11 bits per heavy atom. The number of hydrogen-bond donors (Lipinski definition) is 1. The molecule has 4 rings (SSSR count). The number of pyridine rings is 1. The molecule has 1 saturated heterocycles. The summed E-state index contributed by atoms with van der Waals surface area (Å²) in [6, 6.07) is 2.18. The Labute approximate surface area is 109 Å². The molecule has 96 valence electrons.